The van der Waals surface area contributed by atoms with E-state index < -0.39 is 10.0 Å². The van der Waals surface area contributed by atoms with Gasteiger partial charge >= 0.3 is 0 Å². The Labute approximate surface area is 209 Å². The van der Waals surface area contributed by atoms with E-state index in [9.17, 15) is 8.42 Å². The number of nitrogens with one attached hydrogen (secondary N) is 3. The van der Waals surface area contributed by atoms with E-state index in [1.165, 1.54) is 7.05 Å². The second-order valence-corrected chi connectivity index (χ2v) is 9.57. The molecule has 0 spiro atoms. The lowest BCUT2D eigenvalue weighted by Crippen LogP contribution is -2.38. The maximum absolute atomic E-state index is 11.8. The van der Waals surface area contributed by atoms with Gasteiger partial charge in [-0.15, -0.1) is 24.0 Å². The molecule has 0 saturated heterocycles. The molecule has 0 heterocycles. The van der Waals surface area contributed by atoms with Gasteiger partial charge in [-0.25, -0.2) is 18.1 Å². The molecule has 0 amide bonds. The predicted octanol–water partition coefficient (Wildman–Crippen LogP) is 4.06. The predicted molar refractivity (Wildman–Crippen MR) is 141 cm³/mol. The minimum atomic E-state index is -3.43. The van der Waals surface area contributed by atoms with Crippen molar-refractivity contribution < 1.29 is 13.2 Å². The standard InChI is InChI=1S/C23H34N4O3S.HI/c1-6-25-23(26-15-19-7-13-22(14-8-19)31(28,29)24-5)27-18(4)20-9-11-21(12-10-20)30-16-17(2)3;/h7-14,17-18,24H,6,15-16H2,1-5H3,(H2,25,26,27);1H. The van der Waals surface area contributed by atoms with E-state index in [1.807, 2.05) is 19.1 Å². The zero-order valence-corrected chi connectivity index (χ0v) is 22.5. The third-order valence-corrected chi connectivity index (χ3v) is 6.01. The molecular weight excluding hydrogens is 539 g/mol. The molecule has 0 saturated carbocycles. The Balaban J connectivity index is 0.00000512. The number of halogens is 1. The van der Waals surface area contributed by atoms with Crippen LogP contribution in [0.25, 0.3) is 0 Å². The second kappa shape index (κ2) is 13.6. The van der Waals surface area contributed by atoms with Crippen LogP contribution in [0.3, 0.4) is 0 Å². The van der Waals surface area contributed by atoms with Crippen molar-refractivity contribution in [1.82, 2.24) is 15.4 Å². The van der Waals surface area contributed by atoms with E-state index in [1.54, 1.807) is 24.3 Å². The van der Waals surface area contributed by atoms with Gasteiger partial charge in [0.05, 0.1) is 24.1 Å². The molecule has 178 valence electrons. The SMILES string of the molecule is CCNC(=NCc1ccc(S(=O)(=O)NC)cc1)NC(C)c1ccc(OCC(C)C)cc1.I. The van der Waals surface area contributed by atoms with Gasteiger partial charge in [0.25, 0.3) is 0 Å². The lowest BCUT2D eigenvalue weighted by Gasteiger charge is -2.19. The molecule has 0 aromatic heterocycles. The van der Waals surface area contributed by atoms with Crippen LogP contribution in [0.15, 0.2) is 58.4 Å². The molecule has 2 aromatic rings. The smallest absolute Gasteiger partial charge is 0.240 e. The highest BCUT2D eigenvalue weighted by Gasteiger charge is 2.11. The summed E-state index contributed by atoms with van der Waals surface area (Å²) >= 11 is 0. The van der Waals surface area contributed by atoms with Crippen LogP contribution in [-0.4, -0.2) is 34.6 Å². The number of aliphatic imine (C=N–C) groups is 1. The van der Waals surface area contributed by atoms with Crippen molar-refractivity contribution in [3.63, 3.8) is 0 Å². The summed E-state index contributed by atoms with van der Waals surface area (Å²) in [7, 11) is -2.03. The van der Waals surface area contributed by atoms with Crippen molar-refractivity contribution >= 4 is 40.0 Å². The molecule has 0 aliphatic rings. The Morgan fingerprint density at radius 3 is 2.19 bits per heavy atom. The summed E-state index contributed by atoms with van der Waals surface area (Å²) in [5.74, 6) is 2.05. The molecule has 1 atom stereocenters. The Hall–Kier alpha value is -1.85. The maximum atomic E-state index is 11.8. The highest BCUT2D eigenvalue weighted by Crippen LogP contribution is 2.18. The topological polar surface area (TPSA) is 91.8 Å². The zero-order valence-electron chi connectivity index (χ0n) is 19.4. The first kappa shape index (κ1) is 28.2. The minimum absolute atomic E-state index is 0. The molecule has 3 N–H and O–H groups in total. The molecule has 2 aromatic carbocycles. The van der Waals surface area contributed by atoms with Crippen molar-refractivity contribution in [1.29, 1.82) is 0 Å². The second-order valence-electron chi connectivity index (χ2n) is 7.69. The van der Waals surface area contributed by atoms with E-state index in [0.29, 0.717) is 25.0 Å². The van der Waals surface area contributed by atoms with Gasteiger partial charge in [-0.2, -0.15) is 0 Å². The summed E-state index contributed by atoms with van der Waals surface area (Å²) in [6.07, 6.45) is 0. The molecule has 0 fully saturated rings. The van der Waals surface area contributed by atoms with Crippen molar-refractivity contribution in [2.45, 2.75) is 45.2 Å². The maximum Gasteiger partial charge on any atom is 0.240 e. The number of sulfonamides is 1. The first-order valence-electron chi connectivity index (χ1n) is 10.5. The molecular formula is C23H35IN4O3S. The van der Waals surface area contributed by atoms with Gasteiger partial charge in [-0.05, 0) is 62.2 Å². The molecule has 0 radical (unpaired) electrons. The van der Waals surface area contributed by atoms with Gasteiger partial charge in [0.1, 0.15) is 5.75 Å². The zero-order chi connectivity index (χ0) is 22.9. The average molecular weight is 575 g/mol. The van der Waals surface area contributed by atoms with Gasteiger partial charge in [-0.3, -0.25) is 0 Å². The van der Waals surface area contributed by atoms with E-state index in [2.05, 4.69) is 53.3 Å². The Morgan fingerprint density at radius 2 is 1.66 bits per heavy atom. The van der Waals surface area contributed by atoms with Gasteiger partial charge in [0.2, 0.25) is 10.0 Å². The van der Waals surface area contributed by atoms with Crippen LogP contribution >= 0.6 is 24.0 Å². The number of nitrogens with zero attached hydrogens (tertiary/aromatic N) is 1. The van der Waals surface area contributed by atoms with Gasteiger partial charge in [-0.1, -0.05) is 38.1 Å². The van der Waals surface area contributed by atoms with Gasteiger partial charge in [0, 0.05) is 6.54 Å². The number of benzene rings is 2. The van der Waals surface area contributed by atoms with Gasteiger partial charge < -0.3 is 15.4 Å². The molecule has 0 aliphatic heterocycles. The van der Waals surface area contributed by atoms with Crippen LogP contribution in [0, 0.1) is 5.92 Å². The van der Waals surface area contributed by atoms with Crippen LogP contribution in [0.5, 0.6) is 5.75 Å². The minimum Gasteiger partial charge on any atom is -0.493 e. The van der Waals surface area contributed by atoms with Gasteiger partial charge in [0.15, 0.2) is 5.96 Å². The number of hydrogen-bond acceptors (Lipinski definition) is 4. The van der Waals surface area contributed by atoms with Crippen LogP contribution < -0.4 is 20.1 Å². The first-order valence-corrected chi connectivity index (χ1v) is 12.0. The van der Waals surface area contributed by atoms with Crippen molar-refractivity contribution in [2.75, 3.05) is 20.2 Å². The number of ether oxygens (including phenoxy) is 1. The van der Waals surface area contributed by atoms with Crippen LogP contribution in [-0.2, 0) is 16.6 Å². The lowest BCUT2D eigenvalue weighted by molar-refractivity contribution is 0.271. The third kappa shape index (κ3) is 8.95. The summed E-state index contributed by atoms with van der Waals surface area (Å²) in [5.41, 5.74) is 2.05. The average Bonchev–Trinajstić information content (AvgIpc) is 2.76. The number of hydrogen-bond donors (Lipinski definition) is 3. The largest absolute Gasteiger partial charge is 0.493 e. The van der Waals surface area contributed by atoms with E-state index in [4.69, 9.17) is 4.74 Å². The Kier molecular flexibility index (Phi) is 12.0. The Bertz CT molecular complexity index is 946. The summed E-state index contributed by atoms with van der Waals surface area (Å²) in [6, 6.07) is 14.9. The molecule has 1 unspecified atom stereocenters. The molecule has 0 bridgehead atoms. The van der Waals surface area contributed by atoms with Crippen LogP contribution in [0.1, 0.15) is 44.9 Å². The molecule has 7 nitrogen and oxygen atoms in total. The number of guanidine groups is 1. The van der Waals surface area contributed by atoms with Crippen molar-refractivity contribution in [3.8, 4) is 5.75 Å². The fraction of sp³-hybridized carbons (Fsp3) is 0.435. The van der Waals surface area contributed by atoms with Crippen LogP contribution in [0.4, 0.5) is 0 Å². The van der Waals surface area contributed by atoms with E-state index in [-0.39, 0.29) is 34.9 Å². The fourth-order valence-electron chi connectivity index (χ4n) is 2.79. The van der Waals surface area contributed by atoms with E-state index >= 15 is 0 Å². The monoisotopic (exact) mass is 574 g/mol. The first-order chi connectivity index (χ1) is 14.7. The van der Waals surface area contributed by atoms with Crippen molar-refractivity contribution in [2.24, 2.45) is 10.9 Å². The molecule has 0 aliphatic carbocycles. The highest BCUT2D eigenvalue weighted by atomic mass is 127. The van der Waals surface area contributed by atoms with Crippen molar-refractivity contribution in [3.05, 3.63) is 59.7 Å². The number of rotatable bonds is 10. The third-order valence-electron chi connectivity index (χ3n) is 4.58. The highest BCUT2D eigenvalue weighted by molar-refractivity contribution is 14.0. The molecule has 9 heteroatoms. The summed E-state index contributed by atoms with van der Waals surface area (Å²) in [4.78, 5) is 4.87. The lowest BCUT2D eigenvalue weighted by atomic mass is 10.1. The molecule has 32 heavy (non-hydrogen) atoms. The Morgan fingerprint density at radius 1 is 1.03 bits per heavy atom. The normalized spacial score (nSPS) is 12.8. The van der Waals surface area contributed by atoms with E-state index in [0.717, 1.165) is 23.4 Å². The summed E-state index contributed by atoms with van der Waals surface area (Å²) in [6.45, 7) is 10.2. The molecule has 2 rings (SSSR count). The quantitative estimate of drug-likeness (QED) is 0.226. The van der Waals surface area contributed by atoms with Crippen LogP contribution in [0.2, 0.25) is 0 Å². The fourth-order valence-corrected chi connectivity index (χ4v) is 3.52. The summed E-state index contributed by atoms with van der Waals surface area (Å²) < 4.78 is 31.7. The summed E-state index contributed by atoms with van der Waals surface area (Å²) in [5, 5.41) is 6.66.